The summed E-state index contributed by atoms with van der Waals surface area (Å²) in [4.78, 5) is 17.3. The van der Waals surface area contributed by atoms with Gasteiger partial charge in [-0.05, 0) is 50.6 Å². The van der Waals surface area contributed by atoms with E-state index in [-0.39, 0.29) is 11.0 Å². The van der Waals surface area contributed by atoms with E-state index in [1.807, 2.05) is 39.0 Å². The Morgan fingerprint density at radius 2 is 2.00 bits per heavy atom. The predicted molar refractivity (Wildman–Crippen MR) is 109 cm³/mol. The molecule has 7 heteroatoms. The Hall–Kier alpha value is -2.31. The number of halogens is 1. The van der Waals surface area contributed by atoms with E-state index in [1.54, 1.807) is 25.3 Å². The zero-order valence-electron chi connectivity index (χ0n) is 15.5. The van der Waals surface area contributed by atoms with Gasteiger partial charge in [0, 0.05) is 10.6 Å². The van der Waals surface area contributed by atoms with Gasteiger partial charge < -0.3 is 4.74 Å². The topological polar surface area (TPSA) is 67.9 Å². The van der Waals surface area contributed by atoms with Gasteiger partial charge in [-0.25, -0.2) is 4.98 Å². The molecule has 0 aliphatic rings. The van der Waals surface area contributed by atoms with Gasteiger partial charge in [0.25, 0.3) is 0 Å². The highest BCUT2D eigenvalue weighted by atomic mass is 35.5. The molecule has 0 radical (unpaired) electrons. The SMILES string of the molecule is COc1ccc(Cl)cc1-c1nc(S[C@H](C)C(=O)c2cc(C)ccc2C)n[nH]1. The van der Waals surface area contributed by atoms with Crippen LogP contribution in [0.4, 0.5) is 0 Å². The Kier molecular flexibility index (Phi) is 5.87. The molecule has 0 amide bonds. The molecule has 0 unspecified atom stereocenters. The predicted octanol–water partition coefficient (Wildman–Crippen LogP) is 5.11. The summed E-state index contributed by atoms with van der Waals surface area (Å²) in [7, 11) is 1.59. The second-order valence-corrected chi connectivity index (χ2v) is 8.00. The van der Waals surface area contributed by atoms with E-state index in [4.69, 9.17) is 16.3 Å². The van der Waals surface area contributed by atoms with Crippen molar-refractivity contribution in [1.82, 2.24) is 15.2 Å². The van der Waals surface area contributed by atoms with Crippen LogP contribution in [-0.4, -0.2) is 33.3 Å². The number of Topliss-reactive ketones (excluding diaryl/α,β-unsaturated/α-hetero) is 1. The fraction of sp³-hybridized carbons (Fsp3) is 0.250. The Labute approximate surface area is 167 Å². The number of nitrogens with one attached hydrogen (secondary N) is 1. The number of ether oxygens (including phenoxy) is 1. The van der Waals surface area contributed by atoms with Crippen LogP contribution in [0.2, 0.25) is 5.02 Å². The Morgan fingerprint density at radius 3 is 2.74 bits per heavy atom. The summed E-state index contributed by atoms with van der Waals surface area (Å²) >= 11 is 7.40. The number of nitrogens with zero attached hydrogens (tertiary/aromatic N) is 2. The molecule has 1 atom stereocenters. The van der Waals surface area contributed by atoms with Crippen LogP contribution in [0, 0.1) is 13.8 Å². The number of carbonyl (C=O) groups excluding carboxylic acids is 1. The minimum Gasteiger partial charge on any atom is -0.496 e. The molecule has 0 saturated heterocycles. The van der Waals surface area contributed by atoms with Crippen LogP contribution in [0.15, 0.2) is 41.6 Å². The van der Waals surface area contributed by atoms with Gasteiger partial charge in [-0.3, -0.25) is 9.89 Å². The molecule has 140 valence electrons. The van der Waals surface area contributed by atoms with Crippen molar-refractivity contribution in [3.8, 4) is 17.1 Å². The van der Waals surface area contributed by atoms with Crippen LogP contribution in [0.25, 0.3) is 11.4 Å². The second kappa shape index (κ2) is 8.15. The van der Waals surface area contributed by atoms with Gasteiger partial charge >= 0.3 is 0 Å². The van der Waals surface area contributed by atoms with E-state index < -0.39 is 0 Å². The lowest BCUT2D eigenvalue weighted by atomic mass is 10.0. The van der Waals surface area contributed by atoms with E-state index >= 15 is 0 Å². The number of aryl methyl sites for hydroxylation is 2. The van der Waals surface area contributed by atoms with Crippen LogP contribution >= 0.6 is 23.4 Å². The first kappa shape index (κ1) is 19.5. The number of rotatable bonds is 6. The average molecular weight is 402 g/mol. The molecule has 27 heavy (non-hydrogen) atoms. The lowest BCUT2D eigenvalue weighted by molar-refractivity contribution is 0.0993. The number of ketones is 1. The highest BCUT2D eigenvalue weighted by Gasteiger charge is 2.21. The monoisotopic (exact) mass is 401 g/mol. The zero-order chi connectivity index (χ0) is 19.6. The third-order valence-electron chi connectivity index (χ3n) is 4.19. The summed E-state index contributed by atoms with van der Waals surface area (Å²) < 4.78 is 5.36. The van der Waals surface area contributed by atoms with Crippen LogP contribution in [0.1, 0.15) is 28.4 Å². The van der Waals surface area contributed by atoms with E-state index in [1.165, 1.54) is 11.8 Å². The molecular weight excluding hydrogens is 382 g/mol. The summed E-state index contributed by atoms with van der Waals surface area (Å²) in [6.45, 7) is 5.79. The van der Waals surface area contributed by atoms with Crippen molar-refractivity contribution in [3.63, 3.8) is 0 Å². The quantitative estimate of drug-likeness (QED) is 0.459. The lowest BCUT2D eigenvalue weighted by Gasteiger charge is -2.11. The first-order valence-corrected chi connectivity index (χ1v) is 9.69. The summed E-state index contributed by atoms with van der Waals surface area (Å²) in [5, 5.41) is 7.89. The molecule has 0 aliphatic carbocycles. The smallest absolute Gasteiger partial charge is 0.209 e. The van der Waals surface area contributed by atoms with Crippen LogP contribution in [-0.2, 0) is 0 Å². The molecular formula is C20H20ClN3O2S. The molecule has 0 spiro atoms. The van der Waals surface area contributed by atoms with Crippen molar-refractivity contribution in [1.29, 1.82) is 0 Å². The van der Waals surface area contributed by atoms with Crippen molar-refractivity contribution < 1.29 is 9.53 Å². The first-order valence-electron chi connectivity index (χ1n) is 8.43. The highest BCUT2D eigenvalue weighted by molar-refractivity contribution is 8.00. The molecule has 0 fully saturated rings. The third kappa shape index (κ3) is 4.34. The summed E-state index contributed by atoms with van der Waals surface area (Å²) in [6, 6.07) is 11.2. The molecule has 3 rings (SSSR count). The highest BCUT2D eigenvalue weighted by Crippen LogP contribution is 2.32. The maximum Gasteiger partial charge on any atom is 0.209 e. The molecule has 5 nitrogen and oxygen atoms in total. The van der Waals surface area contributed by atoms with Crippen LogP contribution < -0.4 is 4.74 Å². The number of aromatic nitrogens is 3. The van der Waals surface area contributed by atoms with E-state index in [9.17, 15) is 4.79 Å². The van der Waals surface area contributed by atoms with Crippen molar-refractivity contribution in [3.05, 3.63) is 58.1 Å². The van der Waals surface area contributed by atoms with Gasteiger partial charge in [-0.15, -0.1) is 5.10 Å². The van der Waals surface area contributed by atoms with Gasteiger partial charge in [-0.1, -0.05) is 41.1 Å². The maximum atomic E-state index is 12.8. The number of hydrogen-bond acceptors (Lipinski definition) is 5. The van der Waals surface area contributed by atoms with E-state index in [0.29, 0.717) is 21.8 Å². The van der Waals surface area contributed by atoms with Gasteiger partial charge in [0.2, 0.25) is 5.16 Å². The third-order valence-corrected chi connectivity index (χ3v) is 5.39. The van der Waals surface area contributed by atoms with Crippen molar-refractivity contribution in [2.45, 2.75) is 31.2 Å². The minimum atomic E-state index is -0.310. The molecule has 2 aromatic carbocycles. The van der Waals surface area contributed by atoms with Gasteiger partial charge in [0.1, 0.15) is 5.75 Å². The van der Waals surface area contributed by atoms with Gasteiger partial charge in [-0.2, -0.15) is 0 Å². The lowest BCUT2D eigenvalue weighted by Crippen LogP contribution is -2.15. The number of benzene rings is 2. The number of carbonyl (C=O) groups is 1. The molecule has 0 saturated carbocycles. The number of H-pyrrole nitrogens is 1. The Bertz CT molecular complexity index is 987. The Morgan fingerprint density at radius 1 is 1.22 bits per heavy atom. The number of hydrogen-bond donors (Lipinski definition) is 1. The number of aromatic amines is 1. The summed E-state index contributed by atoms with van der Waals surface area (Å²) in [5.41, 5.74) is 3.49. The fourth-order valence-electron chi connectivity index (χ4n) is 2.72. The fourth-order valence-corrected chi connectivity index (χ4v) is 3.68. The Balaban J connectivity index is 1.80. The zero-order valence-corrected chi connectivity index (χ0v) is 17.1. The van der Waals surface area contributed by atoms with Crippen molar-refractivity contribution >= 4 is 29.1 Å². The van der Waals surface area contributed by atoms with E-state index in [2.05, 4.69) is 15.2 Å². The molecule has 1 heterocycles. The first-order chi connectivity index (χ1) is 12.9. The molecule has 1 aromatic heterocycles. The largest absolute Gasteiger partial charge is 0.496 e. The second-order valence-electron chi connectivity index (χ2n) is 6.25. The molecule has 0 aliphatic heterocycles. The average Bonchev–Trinajstić information content (AvgIpc) is 3.11. The van der Waals surface area contributed by atoms with Gasteiger partial charge in [0.05, 0.1) is 17.9 Å². The van der Waals surface area contributed by atoms with Crippen molar-refractivity contribution in [2.75, 3.05) is 7.11 Å². The maximum absolute atomic E-state index is 12.8. The van der Waals surface area contributed by atoms with Crippen LogP contribution in [0.3, 0.4) is 0 Å². The van der Waals surface area contributed by atoms with Crippen molar-refractivity contribution in [2.24, 2.45) is 0 Å². The normalized spacial score (nSPS) is 12.0. The molecule has 1 N–H and O–H groups in total. The number of thioether (sulfide) groups is 1. The standard InChI is InChI=1S/C20H20ClN3O2S/c1-11-5-6-12(2)15(9-11)18(25)13(3)27-20-22-19(23-24-20)16-10-14(21)7-8-17(16)26-4/h5-10,13H,1-4H3,(H,22,23,24)/t13-/m1/s1. The minimum absolute atomic E-state index is 0.0629. The molecule has 3 aromatic rings. The number of methoxy groups -OCH3 is 1. The van der Waals surface area contributed by atoms with E-state index in [0.717, 1.165) is 22.3 Å². The summed E-state index contributed by atoms with van der Waals surface area (Å²) in [6.07, 6.45) is 0. The summed E-state index contributed by atoms with van der Waals surface area (Å²) in [5.74, 6) is 1.25. The van der Waals surface area contributed by atoms with Gasteiger partial charge in [0.15, 0.2) is 11.6 Å². The van der Waals surface area contributed by atoms with Crippen LogP contribution in [0.5, 0.6) is 5.75 Å². The molecule has 0 bridgehead atoms.